The van der Waals surface area contributed by atoms with E-state index in [9.17, 15) is 20.1 Å². The van der Waals surface area contributed by atoms with Gasteiger partial charge in [-0.3, -0.25) is 4.79 Å². The number of phenols is 1. The minimum Gasteiger partial charge on any atom is -0.508 e. The predicted molar refractivity (Wildman–Crippen MR) is 109 cm³/mol. The van der Waals surface area contributed by atoms with Gasteiger partial charge in [0.1, 0.15) is 5.75 Å². The van der Waals surface area contributed by atoms with Crippen molar-refractivity contribution in [1.29, 1.82) is 0 Å². The molecule has 5 nitrogen and oxygen atoms in total. The smallest absolute Gasteiger partial charge is 0.303 e. The lowest BCUT2D eigenvalue weighted by Gasteiger charge is -2.22. The summed E-state index contributed by atoms with van der Waals surface area (Å²) >= 11 is 0. The maximum Gasteiger partial charge on any atom is 0.303 e. The molecule has 1 aromatic rings. The Labute approximate surface area is 167 Å². The zero-order chi connectivity index (χ0) is 20.4. The summed E-state index contributed by atoms with van der Waals surface area (Å²) in [6.07, 6.45) is 10.8. The SMILES string of the molecule is O=C(O)CCCC=CC[C@@H]1[C@@H](CCCCCc2cccc(O)c2)[C@H](O)C[C@@H]1O. The summed E-state index contributed by atoms with van der Waals surface area (Å²) in [7, 11) is 0. The second-order valence-corrected chi connectivity index (χ2v) is 7.96. The predicted octanol–water partition coefficient (Wildman–Crippen LogP) is 4.05. The largest absolute Gasteiger partial charge is 0.508 e. The van der Waals surface area contributed by atoms with Crippen LogP contribution in [0.1, 0.15) is 63.4 Å². The van der Waals surface area contributed by atoms with Gasteiger partial charge in [0.25, 0.3) is 0 Å². The molecule has 0 heterocycles. The summed E-state index contributed by atoms with van der Waals surface area (Å²) in [6, 6.07) is 7.36. The van der Waals surface area contributed by atoms with Crippen LogP contribution in [-0.4, -0.2) is 38.6 Å². The molecule has 5 heteroatoms. The molecule has 0 amide bonds. The summed E-state index contributed by atoms with van der Waals surface area (Å²) in [4.78, 5) is 10.5. The van der Waals surface area contributed by atoms with Crippen LogP contribution >= 0.6 is 0 Å². The van der Waals surface area contributed by atoms with Crippen molar-refractivity contribution in [1.82, 2.24) is 0 Å². The third kappa shape index (κ3) is 7.64. The van der Waals surface area contributed by atoms with Gasteiger partial charge < -0.3 is 20.4 Å². The second-order valence-electron chi connectivity index (χ2n) is 7.96. The topological polar surface area (TPSA) is 98.0 Å². The first kappa shape index (κ1) is 22.4. The highest BCUT2D eigenvalue weighted by Gasteiger charge is 2.40. The van der Waals surface area contributed by atoms with E-state index in [1.165, 1.54) is 0 Å². The maximum atomic E-state index is 10.5. The van der Waals surface area contributed by atoms with Crippen LogP contribution in [0.2, 0.25) is 0 Å². The highest BCUT2D eigenvalue weighted by Crippen LogP contribution is 2.38. The van der Waals surface area contributed by atoms with E-state index < -0.39 is 18.2 Å². The summed E-state index contributed by atoms with van der Waals surface area (Å²) < 4.78 is 0. The normalized spacial score (nSPS) is 24.8. The number of phenolic OH excluding ortho intramolecular Hbond substituents is 1. The number of carboxylic acid groups (broad SMARTS) is 1. The molecule has 1 aliphatic rings. The molecule has 0 bridgehead atoms. The van der Waals surface area contributed by atoms with Crippen LogP contribution in [0.5, 0.6) is 5.75 Å². The Morgan fingerprint density at radius 2 is 1.82 bits per heavy atom. The molecule has 0 aromatic heterocycles. The van der Waals surface area contributed by atoms with Crippen LogP contribution in [0, 0.1) is 11.8 Å². The van der Waals surface area contributed by atoms with Gasteiger partial charge in [0.2, 0.25) is 0 Å². The third-order valence-electron chi connectivity index (χ3n) is 5.77. The number of benzene rings is 1. The highest BCUT2D eigenvalue weighted by atomic mass is 16.4. The number of carboxylic acids is 1. The molecule has 0 unspecified atom stereocenters. The van der Waals surface area contributed by atoms with Crippen molar-refractivity contribution in [2.75, 3.05) is 0 Å². The molecule has 1 fully saturated rings. The van der Waals surface area contributed by atoms with Crippen molar-refractivity contribution >= 4 is 5.97 Å². The van der Waals surface area contributed by atoms with E-state index in [4.69, 9.17) is 5.11 Å². The minimum absolute atomic E-state index is 0.0804. The standard InChI is InChI=1S/C23H34O5/c24-18-11-8-10-17(15-18)9-4-3-6-13-20-19(21(25)16-22(20)26)12-5-1-2-7-14-23(27)28/h1,5,8,10-11,15,19-22,24-26H,2-4,6-7,9,12-14,16H2,(H,27,28)/t19-,20-,21+,22-/m1/s1. The van der Waals surface area contributed by atoms with E-state index in [1.807, 2.05) is 24.3 Å². The molecule has 0 saturated heterocycles. The Morgan fingerprint density at radius 1 is 1.04 bits per heavy atom. The van der Waals surface area contributed by atoms with Crippen LogP contribution in [0.15, 0.2) is 36.4 Å². The van der Waals surface area contributed by atoms with Gasteiger partial charge in [0.05, 0.1) is 12.2 Å². The van der Waals surface area contributed by atoms with Crippen molar-refractivity contribution in [3.8, 4) is 5.75 Å². The Kier molecular flexibility index (Phi) is 9.51. The van der Waals surface area contributed by atoms with Crippen LogP contribution in [0.3, 0.4) is 0 Å². The molecule has 2 rings (SSSR count). The molecule has 1 saturated carbocycles. The number of aromatic hydroxyl groups is 1. The van der Waals surface area contributed by atoms with Crippen LogP contribution in [0.4, 0.5) is 0 Å². The minimum atomic E-state index is -0.771. The first-order valence-electron chi connectivity index (χ1n) is 10.5. The molecular weight excluding hydrogens is 356 g/mol. The lowest BCUT2D eigenvalue weighted by Crippen LogP contribution is -2.21. The zero-order valence-electron chi connectivity index (χ0n) is 16.5. The number of allylic oxidation sites excluding steroid dienone is 2. The highest BCUT2D eigenvalue weighted by molar-refractivity contribution is 5.66. The molecular formula is C23H34O5. The van der Waals surface area contributed by atoms with Gasteiger partial charge in [-0.1, -0.05) is 37.1 Å². The molecule has 4 atom stereocenters. The van der Waals surface area contributed by atoms with Crippen molar-refractivity contribution in [2.45, 2.75) is 76.4 Å². The number of rotatable bonds is 12. The number of unbranched alkanes of at least 4 members (excludes halogenated alkanes) is 3. The quantitative estimate of drug-likeness (QED) is 0.319. The number of aliphatic hydroxyl groups is 2. The fourth-order valence-electron chi connectivity index (χ4n) is 4.25. The first-order valence-corrected chi connectivity index (χ1v) is 10.5. The average Bonchev–Trinajstić information content (AvgIpc) is 2.90. The Hall–Kier alpha value is -1.85. The van der Waals surface area contributed by atoms with E-state index in [0.29, 0.717) is 18.6 Å². The monoisotopic (exact) mass is 390 g/mol. The molecule has 1 aromatic carbocycles. The summed E-state index contributed by atoms with van der Waals surface area (Å²) in [5.41, 5.74) is 1.14. The molecule has 1 aliphatic carbocycles. The maximum absolute atomic E-state index is 10.5. The lowest BCUT2D eigenvalue weighted by atomic mass is 9.86. The Balaban J connectivity index is 1.69. The Bertz CT molecular complexity index is 627. The van der Waals surface area contributed by atoms with E-state index in [2.05, 4.69) is 0 Å². The molecule has 4 N–H and O–H groups in total. The number of aliphatic carboxylic acids is 1. The first-order chi connectivity index (χ1) is 13.5. The van der Waals surface area contributed by atoms with Gasteiger partial charge >= 0.3 is 5.97 Å². The number of carbonyl (C=O) groups is 1. The van der Waals surface area contributed by atoms with Gasteiger partial charge in [0.15, 0.2) is 0 Å². The second kappa shape index (κ2) is 11.9. The molecule has 0 radical (unpaired) electrons. The van der Waals surface area contributed by atoms with Gasteiger partial charge in [-0.25, -0.2) is 0 Å². The molecule has 156 valence electrons. The van der Waals surface area contributed by atoms with Crippen molar-refractivity contribution < 1.29 is 25.2 Å². The van der Waals surface area contributed by atoms with Crippen LogP contribution < -0.4 is 0 Å². The zero-order valence-corrected chi connectivity index (χ0v) is 16.5. The summed E-state index contributed by atoms with van der Waals surface area (Å²) in [5.74, 6) is -0.262. The van der Waals surface area contributed by atoms with E-state index >= 15 is 0 Å². The van der Waals surface area contributed by atoms with Crippen LogP contribution in [0.25, 0.3) is 0 Å². The van der Waals surface area contributed by atoms with Gasteiger partial charge in [-0.15, -0.1) is 0 Å². The van der Waals surface area contributed by atoms with Crippen LogP contribution in [-0.2, 0) is 11.2 Å². The average molecular weight is 391 g/mol. The fraction of sp³-hybridized carbons (Fsp3) is 0.609. The molecule has 0 spiro atoms. The van der Waals surface area contributed by atoms with Gasteiger partial charge in [0, 0.05) is 6.42 Å². The third-order valence-corrected chi connectivity index (χ3v) is 5.77. The number of aryl methyl sites for hydroxylation is 1. The van der Waals surface area contributed by atoms with Gasteiger partial charge in [-0.2, -0.15) is 0 Å². The Morgan fingerprint density at radius 3 is 2.57 bits per heavy atom. The van der Waals surface area contributed by atoms with Crippen molar-refractivity contribution in [3.63, 3.8) is 0 Å². The number of aliphatic hydroxyl groups excluding tert-OH is 2. The number of hydrogen-bond acceptors (Lipinski definition) is 4. The lowest BCUT2D eigenvalue weighted by molar-refractivity contribution is -0.137. The molecule has 0 aliphatic heterocycles. The van der Waals surface area contributed by atoms with E-state index in [0.717, 1.165) is 50.5 Å². The van der Waals surface area contributed by atoms with Crippen molar-refractivity contribution in [2.24, 2.45) is 11.8 Å². The summed E-state index contributed by atoms with van der Waals surface area (Å²) in [6.45, 7) is 0. The van der Waals surface area contributed by atoms with E-state index in [1.54, 1.807) is 12.1 Å². The van der Waals surface area contributed by atoms with Gasteiger partial charge in [-0.05, 0) is 74.5 Å². The fourth-order valence-corrected chi connectivity index (χ4v) is 4.25. The summed E-state index contributed by atoms with van der Waals surface area (Å²) in [5, 5.41) is 38.8. The number of hydrogen-bond donors (Lipinski definition) is 4. The van der Waals surface area contributed by atoms with Crippen molar-refractivity contribution in [3.05, 3.63) is 42.0 Å². The van der Waals surface area contributed by atoms with E-state index in [-0.39, 0.29) is 18.3 Å². The molecule has 28 heavy (non-hydrogen) atoms.